The van der Waals surface area contributed by atoms with Gasteiger partial charge in [-0.05, 0) is 12.1 Å². The van der Waals surface area contributed by atoms with E-state index in [-0.39, 0.29) is 17.7 Å². The van der Waals surface area contributed by atoms with Crippen molar-refractivity contribution in [1.82, 2.24) is 9.78 Å². The van der Waals surface area contributed by atoms with Crippen LogP contribution < -0.4 is 5.73 Å². The van der Waals surface area contributed by atoms with Crippen LogP contribution in [0.4, 0.5) is 14.6 Å². The second-order valence-electron chi connectivity index (χ2n) is 3.93. The Bertz CT molecular complexity index is 561. The third-order valence-corrected chi connectivity index (χ3v) is 2.63. The molecule has 96 valence electrons. The van der Waals surface area contributed by atoms with Crippen molar-refractivity contribution >= 4 is 5.82 Å². The summed E-state index contributed by atoms with van der Waals surface area (Å²) in [5.74, 6) is -0.704. The summed E-state index contributed by atoms with van der Waals surface area (Å²) in [5.41, 5.74) is 6.16. The van der Waals surface area contributed by atoms with Crippen LogP contribution in [0.5, 0.6) is 0 Å². The maximum atomic E-state index is 13.9. The summed E-state index contributed by atoms with van der Waals surface area (Å²) in [6.45, 7) is 0.0212. The smallest absolute Gasteiger partial charge is 0.133 e. The lowest BCUT2D eigenvalue weighted by atomic mass is 10.1. The molecule has 0 bridgehead atoms. The Balaban J connectivity index is 2.49. The van der Waals surface area contributed by atoms with E-state index in [0.717, 1.165) is 12.1 Å². The van der Waals surface area contributed by atoms with E-state index in [1.54, 1.807) is 7.05 Å². The zero-order valence-electron chi connectivity index (χ0n) is 10.1. The number of aryl methyl sites for hydroxylation is 1. The van der Waals surface area contributed by atoms with Crippen molar-refractivity contribution < 1.29 is 13.5 Å². The van der Waals surface area contributed by atoms with Gasteiger partial charge < -0.3 is 10.5 Å². The number of benzene rings is 1. The lowest BCUT2D eigenvalue weighted by Gasteiger charge is -2.05. The van der Waals surface area contributed by atoms with Gasteiger partial charge in [-0.2, -0.15) is 5.10 Å². The average molecular weight is 253 g/mol. The van der Waals surface area contributed by atoms with Crippen molar-refractivity contribution in [3.63, 3.8) is 0 Å². The molecule has 2 N–H and O–H groups in total. The van der Waals surface area contributed by atoms with Crippen molar-refractivity contribution in [3.8, 4) is 11.3 Å². The molecule has 0 aliphatic heterocycles. The van der Waals surface area contributed by atoms with Crippen LogP contribution in [-0.2, 0) is 18.4 Å². The van der Waals surface area contributed by atoms with Crippen LogP contribution in [0, 0.1) is 11.6 Å². The highest BCUT2D eigenvalue weighted by molar-refractivity contribution is 5.63. The molecule has 2 rings (SSSR count). The summed E-state index contributed by atoms with van der Waals surface area (Å²) in [7, 11) is 3.05. The number of rotatable bonds is 3. The van der Waals surface area contributed by atoms with Gasteiger partial charge in [0, 0.05) is 31.4 Å². The molecule has 0 amide bonds. The molecule has 18 heavy (non-hydrogen) atoms. The SMILES string of the molecule is COCc1cc(F)c(-c2cc(N)n(C)n2)cc1F. The number of hydrogen-bond acceptors (Lipinski definition) is 3. The first-order valence-electron chi connectivity index (χ1n) is 5.29. The second kappa shape index (κ2) is 4.73. The minimum Gasteiger partial charge on any atom is -0.384 e. The van der Waals surface area contributed by atoms with Gasteiger partial charge in [-0.15, -0.1) is 0 Å². The number of nitrogens with two attached hydrogens (primary N) is 1. The van der Waals surface area contributed by atoms with Crippen molar-refractivity contribution in [2.45, 2.75) is 6.61 Å². The topological polar surface area (TPSA) is 53.1 Å². The molecule has 1 aromatic carbocycles. The summed E-state index contributed by atoms with van der Waals surface area (Å²) in [6.07, 6.45) is 0. The molecule has 0 atom stereocenters. The average Bonchev–Trinajstić information content (AvgIpc) is 2.64. The number of halogens is 2. The highest BCUT2D eigenvalue weighted by Crippen LogP contribution is 2.26. The number of aromatic nitrogens is 2. The Hall–Kier alpha value is -1.95. The van der Waals surface area contributed by atoms with Gasteiger partial charge >= 0.3 is 0 Å². The van der Waals surface area contributed by atoms with Crippen molar-refractivity contribution in [1.29, 1.82) is 0 Å². The lowest BCUT2D eigenvalue weighted by Crippen LogP contribution is -1.98. The molecule has 1 heterocycles. The van der Waals surface area contributed by atoms with Crippen LogP contribution in [0.1, 0.15) is 5.56 Å². The Morgan fingerprint density at radius 3 is 2.56 bits per heavy atom. The standard InChI is InChI=1S/C12H13F2N3O/c1-17-12(15)5-11(16-17)8-4-9(13)7(6-18-2)3-10(8)14/h3-5H,6,15H2,1-2H3. The van der Waals surface area contributed by atoms with Gasteiger partial charge in [0.05, 0.1) is 12.3 Å². The minimum absolute atomic E-state index is 0.0212. The lowest BCUT2D eigenvalue weighted by molar-refractivity contribution is 0.181. The van der Waals surface area contributed by atoms with Crippen molar-refractivity contribution in [2.75, 3.05) is 12.8 Å². The third-order valence-electron chi connectivity index (χ3n) is 2.63. The highest BCUT2D eigenvalue weighted by Gasteiger charge is 2.14. The fraction of sp³-hybridized carbons (Fsp3) is 0.250. The maximum Gasteiger partial charge on any atom is 0.133 e. The minimum atomic E-state index is -0.554. The fourth-order valence-corrected chi connectivity index (χ4v) is 1.66. The first-order valence-corrected chi connectivity index (χ1v) is 5.29. The predicted octanol–water partition coefficient (Wildman–Crippen LogP) is 2.09. The van der Waals surface area contributed by atoms with E-state index in [9.17, 15) is 8.78 Å². The normalized spacial score (nSPS) is 10.9. The van der Waals surface area contributed by atoms with E-state index in [0.29, 0.717) is 11.5 Å². The zero-order chi connectivity index (χ0) is 13.3. The molecule has 2 aromatic rings. The Morgan fingerprint density at radius 2 is 2.00 bits per heavy atom. The third kappa shape index (κ3) is 2.19. The summed E-state index contributed by atoms with van der Waals surface area (Å²) in [5, 5.41) is 4.01. The molecule has 0 unspecified atom stereocenters. The van der Waals surface area contributed by atoms with Gasteiger partial charge in [0.25, 0.3) is 0 Å². The molecule has 1 aromatic heterocycles. The van der Waals surface area contributed by atoms with E-state index in [1.165, 1.54) is 17.9 Å². The second-order valence-corrected chi connectivity index (χ2v) is 3.93. The fourth-order valence-electron chi connectivity index (χ4n) is 1.66. The molecule has 0 spiro atoms. The molecule has 0 saturated carbocycles. The number of nitrogens with zero attached hydrogens (tertiary/aromatic N) is 2. The Morgan fingerprint density at radius 1 is 1.28 bits per heavy atom. The van der Waals surface area contributed by atoms with Crippen LogP contribution in [0.15, 0.2) is 18.2 Å². The van der Waals surface area contributed by atoms with Crippen LogP contribution in [0.2, 0.25) is 0 Å². The number of anilines is 1. The first kappa shape index (κ1) is 12.5. The largest absolute Gasteiger partial charge is 0.384 e. The molecule has 4 nitrogen and oxygen atoms in total. The predicted molar refractivity (Wildman–Crippen MR) is 63.7 cm³/mol. The summed E-state index contributed by atoms with van der Waals surface area (Å²) in [6, 6.07) is 3.71. The molecular weight excluding hydrogens is 240 g/mol. The van der Waals surface area contributed by atoms with Crippen LogP contribution in [0.3, 0.4) is 0 Å². The van der Waals surface area contributed by atoms with E-state index in [1.807, 2.05) is 0 Å². The van der Waals surface area contributed by atoms with Crippen molar-refractivity contribution in [3.05, 3.63) is 35.4 Å². The van der Waals surface area contributed by atoms with Crippen LogP contribution in [-0.4, -0.2) is 16.9 Å². The number of methoxy groups -OCH3 is 1. The number of hydrogen-bond donors (Lipinski definition) is 1. The number of ether oxygens (including phenoxy) is 1. The Labute approximate surface area is 103 Å². The zero-order valence-corrected chi connectivity index (χ0v) is 10.1. The van der Waals surface area contributed by atoms with E-state index in [2.05, 4.69) is 5.10 Å². The molecular formula is C12H13F2N3O. The van der Waals surface area contributed by atoms with Gasteiger partial charge in [0.2, 0.25) is 0 Å². The Kier molecular flexibility index (Phi) is 3.29. The molecule has 0 radical (unpaired) electrons. The summed E-state index contributed by atoms with van der Waals surface area (Å²) >= 11 is 0. The summed E-state index contributed by atoms with van der Waals surface area (Å²) in [4.78, 5) is 0. The van der Waals surface area contributed by atoms with E-state index >= 15 is 0 Å². The van der Waals surface area contributed by atoms with Crippen molar-refractivity contribution in [2.24, 2.45) is 7.05 Å². The van der Waals surface area contributed by atoms with Gasteiger partial charge in [-0.1, -0.05) is 0 Å². The van der Waals surface area contributed by atoms with Gasteiger partial charge in [0.1, 0.15) is 17.5 Å². The monoisotopic (exact) mass is 253 g/mol. The quantitative estimate of drug-likeness (QED) is 0.911. The van der Waals surface area contributed by atoms with Crippen LogP contribution >= 0.6 is 0 Å². The molecule has 0 fully saturated rings. The number of nitrogen functional groups attached to an aromatic ring is 1. The van der Waals surface area contributed by atoms with E-state index in [4.69, 9.17) is 10.5 Å². The van der Waals surface area contributed by atoms with Crippen LogP contribution in [0.25, 0.3) is 11.3 Å². The van der Waals surface area contributed by atoms with Gasteiger partial charge in [-0.25, -0.2) is 8.78 Å². The first-order chi connectivity index (χ1) is 8.52. The molecule has 0 aliphatic carbocycles. The maximum absolute atomic E-state index is 13.9. The summed E-state index contributed by atoms with van der Waals surface area (Å²) < 4.78 is 33.8. The van der Waals surface area contributed by atoms with Gasteiger partial charge in [-0.3, -0.25) is 4.68 Å². The molecule has 0 saturated heterocycles. The molecule has 6 heteroatoms. The van der Waals surface area contributed by atoms with E-state index < -0.39 is 11.6 Å². The highest BCUT2D eigenvalue weighted by atomic mass is 19.1. The van der Waals surface area contributed by atoms with Gasteiger partial charge in [0.15, 0.2) is 0 Å². The molecule has 0 aliphatic rings.